The maximum atomic E-state index is 13.1. The molecule has 0 saturated heterocycles. The van der Waals surface area contributed by atoms with Gasteiger partial charge in [-0.3, -0.25) is 0 Å². The lowest BCUT2D eigenvalue weighted by Crippen LogP contribution is -1.98. The van der Waals surface area contributed by atoms with Crippen LogP contribution in [0.1, 0.15) is 18.9 Å². The fraction of sp³-hybridized carbons (Fsp3) is 0.333. The van der Waals surface area contributed by atoms with Gasteiger partial charge in [-0.2, -0.15) is 0 Å². The molecule has 0 aliphatic rings. The Hall–Kier alpha value is -1.31. The summed E-state index contributed by atoms with van der Waals surface area (Å²) < 4.78 is 18.4. The van der Waals surface area contributed by atoms with Gasteiger partial charge < -0.3 is 4.74 Å². The van der Waals surface area contributed by atoms with Crippen LogP contribution in [-0.4, -0.2) is 6.61 Å². The molecule has 0 spiro atoms. The van der Waals surface area contributed by atoms with Gasteiger partial charge in [0.1, 0.15) is 11.6 Å². The van der Waals surface area contributed by atoms with Crippen molar-refractivity contribution in [1.82, 2.24) is 0 Å². The molecule has 0 N–H and O–H groups in total. The summed E-state index contributed by atoms with van der Waals surface area (Å²) in [4.78, 5) is 0. The fourth-order valence-electron chi connectivity index (χ4n) is 1.01. The lowest BCUT2D eigenvalue weighted by molar-refractivity contribution is 0.320. The minimum atomic E-state index is -0.224. The second-order valence-corrected chi connectivity index (χ2v) is 3.47. The van der Waals surface area contributed by atoms with E-state index in [0.29, 0.717) is 17.9 Å². The van der Waals surface area contributed by atoms with E-state index in [2.05, 4.69) is 6.58 Å². The highest BCUT2D eigenvalue weighted by Crippen LogP contribution is 2.16. The summed E-state index contributed by atoms with van der Waals surface area (Å²) in [5.74, 6) is 0.354. The van der Waals surface area contributed by atoms with Crippen molar-refractivity contribution >= 4 is 0 Å². The van der Waals surface area contributed by atoms with Gasteiger partial charge in [-0.05, 0) is 25.5 Å². The fourth-order valence-corrected chi connectivity index (χ4v) is 1.01. The van der Waals surface area contributed by atoms with E-state index < -0.39 is 0 Å². The molecule has 1 rings (SSSR count). The second kappa shape index (κ2) is 4.80. The predicted molar refractivity (Wildman–Crippen MR) is 56.1 cm³/mol. The molecule has 0 aliphatic carbocycles. The number of hydrogen-bond donors (Lipinski definition) is 0. The minimum Gasteiger partial charge on any atom is -0.493 e. The van der Waals surface area contributed by atoms with Crippen LogP contribution < -0.4 is 4.74 Å². The van der Waals surface area contributed by atoms with Crippen molar-refractivity contribution < 1.29 is 9.13 Å². The molecule has 0 aliphatic heterocycles. The number of rotatable bonds is 4. The monoisotopic (exact) mass is 194 g/mol. The van der Waals surface area contributed by atoms with Crippen molar-refractivity contribution in [3.63, 3.8) is 0 Å². The molecule has 76 valence electrons. The van der Waals surface area contributed by atoms with Crippen LogP contribution >= 0.6 is 0 Å². The van der Waals surface area contributed by atoms with Gasteiger partial charge in [-0.15, -0.1) is 6.58 Å². The zero-order chi connectivity index (χ0) is 10.6. The van der Waals surface area contributed by atoms with Crippen molar-refractivity contribution in [2.24, 2.45) is 0 Å². The van der Waals surface area contributed by atoms with E-state index in [9.17, 15) is 4.39 Å². The average molecular weight is 194 g/mol. The van der Waals surface area contributed by atoms with E-state index in [0.717, 1.165) is 12.0 Å². The highest BCUT2D eigenvalue weighted by molar-refractivity contribution is 5.27. The van der Waals surface area contributed by atoms with Gasteiger partial charge in [0, 0.05) is 12.5 Å². The van der Waals surface area contributed by atoms with Gasteiger partial charge in [-0.1, -0.05) is 11.6 Å². The van der Waals surface area contributed by atoms with Crippen molar-refractivity contribution in [1.29, 1.82) is 0 Å². The van der Waals surface area contributed by atoms with Gasteiger partial charge in [0.15, 0.2) is 0 Å². The summed E-state index contributed by atoms with van der Waals surface area (Å²) in [5, 5.41) is 0. The number of benzene rings is 1. The number of aryl methyl sites for hydroxylation is 1. The maximum Gasteiger partial charge on any atom is 0.129 e. The number of ether oxygens (including phenoxy) is 1. The van der Waals surface area contributed by atoms with Crippen molar-refractivity contribution in [2.75, 3.05) is 6.61 Å². The molecule has 0 heterocycles. The highest BCUT2D eigenvalue weighted by Gasteiger charge is 1.99. The summed E-state index contributed by atoms with van der Waals surface area (Å²) in [6.45, 7) is 7.99. The second-order valence-electron chi connectivity index (χ2n) is 3.47. The lowest BCUT2D eigenvalue weighted by Gasteiger charge is -2.06. The Morgan fingerprint density at radius 2 is 2.21 bits per heavy atom. The van der Waals surface area contributed by atoms with Gasteiger partial charge in [0.05, 0.1) is 6.61 Å². The molecule has 1 aromatic carbocycles. The Morgan fingerprint density at radius 3 is 2.79 bits per heavy atom. The van der Waals surface area contributed by atoms with E-state index in [1.807, 2.05) is 6.92 Å². The SMILES string of the molecule is C=C(C)CCOc1ccc(C)c(F)c1. The van der Waals surface area contributed by atoms with Gasteiger partial charge in [-0.25, -0.2) is 4.39 Å². The van der Waals surface area contributed by atoms with E-state index in [4.69, 9.17) is 4.74 Å². The Kier molecular flexibility index (Phi) is 3.69. The Bertz CT molecular complexity index is 331. The molecule has 0 bridgehead atoms. The molecule has 14 heavy (non-hydrogen) atoms. The molecule has 0 aromatic heterocycles. The Labute approximate surface area is 84.2 Å². The summed E-state index contributed by atoms with van der Waals surface area (Å²) in [7, 11) is 0. The molecule has 0 fully saturated rings. The molecule has 0 saturated carbocycles. The maximum absolute atomic E-state index is 13.1. The quantitative estimate of drug-likeness (QED) is 0.667. The normalized spacial score (nSPS) is 9.93. The predicted octanol–water partition coefficient (Wildman–Crippen LogP) is 3.48. The van der Waals surface area contributed by atoms with Crippen molar-refractivity contribution in [2.45, 2.75) is 20.3 Å². The van der Waals surface area contributed by atoms with Gasteiger partial charge >= 0.3 is 0 Å². The Morgan fingerprint density at radius 1 is 1.50 bits per heavy atom. The highest BCUT2D eigenvalue weighted by atomic mass is 19.1. The topological polar surface area (TPSA) is 9.23 Å². The molecular formula is C12H15FO. The van der Waals surface area contributed by atoms with E-state index in [1.165, 1.54) is 6.07 Å². The molecule has 0 atom stereocenters. The van der Waals surface area contributed by atoms with Gasteiger partial charge in [0.25, 0.3) is 0 Å². The van der Waals surface area contributed by atoms with Gasteiger partial charge in [0.2, 0.25) is 0 Å². The molecular weight excluding hydrogens is 179 g/mol. The largest absolute Gasteiger partial charge is 0.493 e. The lowest BCUT2D eigenvalue weighted by atomic mass is 10.2. The Balaban J connectivity index is 2.51. The third-order valence-electron chi connectivity index (χ3n) is 1.94. The third kappa shape index (κ3) is 3.21. The molecule has 0 amide bonds. The van der Waals surface area contributed by atoms with Crippen LogP contribution in [-0.2, 0) is 0 Å². The van der Waals surface area contributed by atoms with Crippen LogP contribution in [0.4, 0.5) is 4.39 Å². The standard InChI is InChI=1S/C12H15FO/c1-9(2)6-7-14-11-5-4-10(3)12(13)8-11/h4-5,8H,1,6-7H2,2-3H3. The molecule has 2 heteroatoms. The molecule has 0 unspecified atom stereocenters. The van der Waals surface area contributed by atoms with Crippen molar-refractivity contribution in [3.8, 4) is 5.75 Å². The first kappa shape index (κ1) is 10.8. The third-order valence-corrected chi connectivity index (χ3v) is 1.94. The molecule has 1 aromatic rings. The van der Waals surface area contributed by atoms with E-state index >= 15 is 0 Å². The average Bonchev–Trinajstić information content (AvgIpc) is 2.10. The first-order valence-electron chi connectivity index (χ1n) is 4.63. The minimum absolute atomic E-state index is 0.224. The first-order chi connectivity index (χ1) is 6.59. The molecule has 1 nitrogen and oxygen atoms in total. The molecule has 0 radical (unpaired) electrons. The summed E-state index contributed by atoms with van der Waals surface area (Å²) in [5.41, 5.74) is 1.70. The van der Waals surface area contributed by atoms with Crippen LogP contribution in [0.2, 0.25) is 0 Å². The van der Waals surface area contributed by atoms with Crippen molar-refractivity contribution in [3.05, 3.63) is 41.7 Å². The number of hydrogen-bond acceptors (Lipinski definition) is 1. The zero-order valence-corrected chi connectivity index (χ0v) is 8.64. The summed E-state index contributed by atoms with van der Waals surface area (Å²) in [6.07, 6.45) is 0.801. The first-order valence-corrected chi connectivity index (χ1v) is 4.63. The number of halogens is 1. The summed E-state index contributed by atoms with van der Waals surface area (Å²) in [6, 6.07) is 4.90. The summed E-state index contributed by atoms with van der Waals surface area (Å²) >= 11 is 0. The van der Waals surface area contributed by atoms with Crippen LogP contribution in [0.5, 0.6) is 5.75 Å². The smallest absolute Gasteiger partial charge is 0.129 e. The van der Waals surface area contributed by atoms with Crippen LogP contribution in [0, 0.1) is 12.7 Å². The van der Waals surface area contributed by atoms with E-state index in [-0.39, 0.29) is 5.82 Å². The van der Waals surface area contributed by atoms with Crippen LogP contribution in [0.3, 0.4) is 0 Å². The van der Waals surface area contributed by atoms with Crippen LogP contribution in [0.25, 0.3) is 0 Å². The zero-order valence-electron chi connectivity index (χ0n) is 8.64. The van der Waals surface area contributed by atoms with E-state index in [1.54, 1.807) is 19.1 Å². The van der Waals surface area contributed by atoms with Crippen LogP contribution in [0.15, 0.2) is 30.4 Å².